The Morgan fingerprint density at radius 2 is 0.671 bits per heavy atom. The number of benzene rings is 5. The Hall–Kier alpha value is -6.01. The molecule has 5 aromatic carbocycles. The molecule has 0 saturated carbocycles. The fourth-order valence-corrected chi connectivity index (χ4v) is 9.19. The molecule has 6 nitrogen and oxygen atoms in total. The van der Waals surface area contributed by atoms with Crippen molar-refractivity contribution in [1.82, 2.24) is 19.9 Å². The maximum atomic E-state index is 4.71. The molecule has 5 heterocycles. The molecule has 0 saturated heterocycles. The lowest BCUT2D eigenvalue weighted by Crippen LogP contribution is -2.06. The Labute approximate surface area is 460 Å². The summed E-state index contributed by atoms with van der Waals surface area (Å²) in [5, 5.41) is 2.64. The number of nitrogens with one attached hydrogen (secondary N) is 3. The average molecular weight is 1020 g/mol. The SMILES string of the molecule is C.CC(C)C1=Nc2cc(C(C)C)ccc2C1.CC(C)C1=Nc2cc(C(C)C)ccc2C1.CC(C)c1ccc2cc(C(C)C)[nH]c2c1.CC(C)c1ccc2cc(C(C)C)[nH]c2c1.CC(C)c1ccc2nc(C(C)C)[nH]c2c1. The Morgan fingerprint density at radius 3 is 1.01 bits per heavy atom. The molecule has 0 radical (unpaired) electrons. The number of aromatic amines is 3. The first-order chi connectivity index (χ1) is 35.4. The van der Waals surface area contributed by atoms with Crippen LogP contribution in [0.25, 0.3) is 32.8 Å². The molecule has 76 heavy (non-hydrogen) atoms. The van der Waals surface area contributed by atoms with E-state index in [0.717, 1.165) is 29.7 Å². The van der Waals surface area contributed by atoms with Crippen LogP contribution in [0.2, 0.25) is 0 Å². The lowest BCUT2D eigenvalue weighted by atomic mass is 9.98. The third-order valence-electron chi connectivity index (χ3n) is 14.8. The normalized spacial score (nSPS) is 12.8. The molecule has 8 aromatic rings. The molecule has 6 heteroatoms. The van der Waals surface area contributed by atoms with Gasteiger partial charge in [0.2, 0.25) is 0 Å². The molecule has 0 unspecified atom stereocenters. The number of nitrogens with zero attached hydrogens (tertiary/aromatic N) is 3. The number of aromatic nitrogens is 4. The van der Waals surface area contributed by atoms with Crippen LogP contribution in [0.5, 0.6) is 0 Å². The molecule has 2 aliphatic heterocycles. The molecule has 3 N–H and O–H groups in total. The van der Waals surface area contributed by atoms with Gasteiger partial charge >= 0.3 is 0 Å². The number of aliphatic imine (C=N–C) groups is 2. The van der Waals surface area contributed by atoms with Gasteiger partial charge in [-0.15, -0.1) is 0 Å². The zero-order valence-corrected chi connectivity index (χ0v) is 49.8. The van der Waals surface area contributed by atoms with Crippen LogP contribution in [-0.2, 0) is 12.8 Å². The van der Waals surface area contributed by atoms with Gasteiger partial charge in [-0.25, -0.2) is 4.98 Å². The van der Waals surface area contributed by atoms with Crippen molar-refractivity contribution >= 4 is 55.6 Å². The molecule has 0 spiro atoms. The van der Waals surface area contributed by atoms with Gasteiger partial charge in [-0.05, 0) is 152 Å². The molecule has 0 amide bonds. The number of hydrogen-bond acceptors (Lipinski definition) is 3. The van der Waals surface area contributed by atoms with Crippen molar-refractivity contribution in [3.05, 3.63) is 159 Å². The first-order valence-electron chi connectivity index (χ1n) is 28.5. The highest BCUT2D eigenvalue weighted by atomic mass is 14.9. The molecular formula is C70H98N6. The van der Waals surface area contributed by atoms with E-state index in [1.54, 1.807) is 0 Å². The van der Waals surface area contributed by atoms with E-state index in [0.29, 0.717) is 59.2 Å². The van der Waals surface area contributed by atoms with E-state index in [2.05, 4.69) is 262 Å². The third-order valence-corrected chi connectivity index (χ3v) is 14.8. The van der Waals surface area contributed by atoms with Crippen LogP contribution in [-0.4, -0.2) is 31.4 Å². The summed E-state index contributed by atoms with van der Waals surface area (Å²) in [5.41, 5.74) is 22.2. The molecule has 0 aliphatic carbocycles. The van der Waals surface area contributed by atoms with Gasteiger partial charge in [-0.2, -0.15) is 0 Å². The van der Waals surface area contributed by atoms with E-state index in [1.165, 1.54) is 94.9 Å². The quantitative estimate of drug-likeness (QED) is 0.125. The van der Waals surface area contributed by atoms with Gasteiger partial charge in [0.1, 0.15) is 5.82 Å². The predicted molar refractivity (Wildman–Crippen MR) is 336 cm³/mol. The first-order valence-corrected chi connectivity index (χ1v) is 28.5. The molecule has 408 valence electrons. The van der Waals surface area contributed by atoms with Gasteiger partial charge in [-0.1, -0.05) is 200 Å². The minimum atomic E-state index is 0. The van der Waals surface area contributed by atoms with E-state index in [1.807, 2.05) is 0 Å². The minimum absolute atomic E-state index is 0. The van der Waals surface area contributed by atoms with Gasteiger partial charge in [-0.3, -0.25) is 9.98 Å². The van der Waals surface area contributed by atoms with Crippen LogP contribution in [0.15, 0.2) is 113 Å². The second-order valence-corrected chi connectivity index (χ2v) is 24.4. The topological polar surface area (TPSA) is 85.0 Å². The van der Waals surface area contributed by atoms with Crippen LogP contribution in [0.3, 0.4) is 0 Å². The highest BCUT2D eigenvalue weighted by molar-refractivity contribution is 5.96. The molecule has 3 aromatic heterocycles. The van der Waals surface area contributed by atoms with Crippen molar-refractivity contribution in [3.8, 4) is 0 Å². The van der Waals surface area contributed by atoms with Gasteiger partial charge in [0.15, 0.2) is 0 Å². The number of rotatable bonds is 10. The minimum Gasteiger partial charge on any atom is -0.358 e. The maximum absolute atomic E-state index is 4.71. The number of H-pyrrole nitrogens is 3. The van der Waals surface area contributed by atoms with E-state index in [9.17, 15) is 0 Å². The highest BCUT2D eigenvalue weighted by Gasteiger charge is 2.19. The Balaban J connectivity index is 0.000000175. The fraction of sp³-hybridized carbons (Fsp3) is 0.471. The number of hydrogen-bond donors (Lipinski definition) is 3. The predicted octanol–water partition coefficient (Wildman–Crippen LogP) is 21.5. The molecular weight excluding hydrogens is 925 g/mol. The Kier molecular flexibility index (Phi) is 21.5. The van der Waals surface area contributed by atoms with Crippen molar-refractivity contribution < 1.29 is 0 Å². The van der Waals surface area contributed by atoms with E-state index in [4.69, 9.17) is 9.98 Å². The van der Waals surface area contributed by atoms with Gasteiger partial charge in [0.25, 0.3) is 0 Å². The standard InChI is InChI=1S/4C14H19N.C13H18N2.CH4/c4*1-9(2)11-5-6-12-8-13(10(3)4)15-14(12)7-11;1-8(2)10-5-6-11-12(7-10)15-13(14-11)9(3)4;/h2*5-7,9-10H,8H2,1-4H3;2*5-10,15H,1-4H3;5-9H,1-4H3,(H,14,15);1H4. The second kappa shape index (κ2) is 26.8. The van der Waals surface area contributed by atoms with Crippen LogP contribution in [0, 0.1) is 11.8 Å². The van der Waals surface area contributed by atoms with Gasteiger partial charge in [0, 0.05) is 52.6 Å². The lowest BCUT2D eigenvalue weighted by molar-refractivity contribution is 0.799. The van der Waals surface area contributed by atoms with Crippen LogP contribution in [0.4, 0.5) is 11.4 Å². The molecule has 10 rings (SSSR count). The monoisotopic (exact) mass is 1020 g/mol. The van der Waals surface area contributed by atoms with Crippen molar-refractivity contribution in [2.75, 3.05) is 0 Å². The maximum Gasteiger partial charge on any atom is 0.109 e. The third kappa shape index (κ3) is 15.8. The van der Waals surface area contributed by atoms with Gasteiger partial charge in [0.05, 0.1) is 22.4 Å². The summed E-state index contributed by atoms with van der Waals surface area (Å²) in [5.74, 6) is 6.76. The van der Waals surface area contributed by atoms with E-state index < -0.39 is 0 Å². The van der Waals surface area contributed by atoms with Gasteiger partial charge < -0.3 is 15.0 Å². The smallest absolute Gasteiger partial charge is 0.109 e. The molecule has 0 bridgehead atoms. The highest BCUT2D eigenvalue weighted by Crippen LogP contribution is 2.34. The summed E-state index contributed by atoms with van der Waals surface area (Å²) in [4.78, 5) is 24.3. The Morgan fingerprint density at radius 1 is 0.329 bits per heavy atom. The zero-order chi connectivity index (χ0) is 55.0. The van der Waals surface area contributed by atoms with Crippen LogP contribution in [0.1, 0.15) is 249 Å². The number of fused-ring (bicyclic) bond motifs is 5. The molecule has 2 aliphatic rings. The average Bonchev–Trinajstić information content (AvgIpc) is 4.22. The van der Waals surface area contributed by atoms with Crippen molar-refractivity contribution in [2.24, 2.45) is 21.8 Å². The van der Waals surface area contributed by atoms with Crippen LogP contribution < -0.4 is 0 Å². The summed E-state index contributed by atoms with van der Waals surface area (Å²) in [6.07, 6.45) is 2.09. The van der Waals surface area contributed by atoms with Crippen molar-refractivity contribution in [1.29, 1.82) is 0 Å². The molecule has 0 atom stereocenters. The molecule has 0 fully saturated rings. The lowest BCUT2D eigenvalue weighted by Gasteiger charge is -2.06. The largest absolute Gasteiger partial charge is 0.358 e. The number of imidazole rings is 1. The second-order valence-electron chi connectivity index (χ2n) is 24.4. The summed E-state index contributed by atoms with van der Waals surface area (Å²) < 4.78 is 0. The van der Waals surface area contributed by atoms with E-state index in [-0.39, 0.29) is 7.43 Å². The summed E-state index contributed by atoms with van der Waals surface area (Å²) in [6.45, 7) is 44.3. The zero-order valence-electron chi connectivity index (χ0n) is 49.8. The summed E-state index contributed by atoms with van der Waals surface area (Å²) in [7, 11) is 0. The first kappa shape index (κ1) is 60.9. The van der Waals surface area contributed by atoms with Crippen molar-refractivity contribution in [3.63, 3.8) is 0 Å². The fourth-order valence-electron chi connectivity index (χ4n) is 9.19. The van der Waals surface area contributed by atoms with Crippen LogP contribution >= 0.6 is 0 Å². The van der Waals surface area contributed by atoms with E-state index >= 15 is 0 Å². The summed E-state index contributed by atoms with van der Waals surface area (Å²) >= 11 is 0. The summed E-state index contributed by atoms with van der Waals surface area (Å²) in [6, 6.07) is 37.9. The Bertz CT molecular complexity index is 2880. The van der Waals surface area contributed by atoms with Crippen molar-refractivity contribution in [2.45, 2.75) is 206 Å².